The molecule has 90 valence electrons. The first kappa shape index (κ1) is 13.8. The van der Waals surface area contributed by atoms with Crippen molar-refractivity contribution in [2.45, 2.75) is 33.0 Å². The summed E-state index contributed by atoms with van der Waals surface area (Å²) < 4.78 is 0. The van der Waals surface area contributed by atoms with Gasteiger partial charge in [-0.15, -0.1) is 11.5 Å². The van der Waals surface area contributed by atoms with Crippen molar-refractivity contribution in [3.05, 3.63) is 42.0 Å². The molecule has 1 unspecified atom stereocenters. The number of hydrogen-bond donors (Lipinski definition) is 0. The number of benzene rings is 1. The van der Waals surface area contributed by atoms with E-state index in [0.717, 1.165) is 6.42 Å². The van der Waals surface area contributed by atoms with Gasteiger partial charge in [-0.05, 0) is 12.0 Å². The Morgan fingerprint density at radius 3 is 2.35 bits per heavy atom. The normalized spacial score (nSPS) is 13.2. The zero-order valence-corrected chi connectivity index (χ0v) is 12.3. The van der Waals surface area contributed by atoms with Gasteiger partial charge in [0.05, 0.1) is 0 Å². The summed E-state index contributed by atoms with van der Waals surface area (Å²) in [6.07, 6.45) is 5.48. The second kappa shape index (κ2) is 6.47. The average molecular weight is 242 g/mol. The van der Waals surface area contributed by atoms with Gasteiger partial charge in [0.1, 0.15) is 8.07 Å². The molecule has 1 atom stereocenters. The third-order valence-electron chi connectivity index (χ3n) is 2.39. The van der Waals surface area contributed by atoms with Gasteiger partial charge in [-0.25, -0.2) is 0 Å². The molecule has 1 rings (SSSR count). The molecule has 1 aromatic carbocycles. The molecule has 0 amide bonds. The second-order valence-corrected chi connectivity index (χ2v) is 10.1. The van der Waals surface area contributed by atoms with E-state index in [1.807, 2.05) is 6.07 Å². The first-order valence-corrected chi connectivity index (χ1v) is 9.77. The highest BCUT2D eigenvalue weighted by Crippen LogP contribution is 2.09. The van der Waals surface area contributed by atoms with E-state index in [-0.39, 0.29) is 0 Å². The van der Waals surface area contributed by atoms with Gasteiger partial charge in [0, 0.05) is 5.92 Å². The van der Waals surface area contributed by atoms with E-state index in [2.05, 4.69) is 74.4 Å². The van der Waals surface area contributed by atoms with Crippen LogP contribution in [-0.2, 0) is 0 Å². The molecule has 0 bridgehead atoms. The van der Waals surface area contributed by atoms with Crippen LogP contribution in [0.15, 0.2) is 36.4 Å². The molecular formula is C16H22Si. The van der Waals surface area contributed by atoms with Crippen molar-refractivity contribution in [1.82, 2.24) is 0 Å². The minimum atomic E-state index is -1.24. The summed E-state index contributed by atoms with van der Waals surface area (Å²) in [5.74, 6) is 3.80. The fourth-order valence-corrected chi connectivity index (χ4v) is 2.01. The minimum Gasteiger partial charge on any atom is -0.131 e. The first-order valence-electron chi connectivity index (χ1n) is 6.27. The summed E-state index contributed by atoms with van der Waals surface area (Å²) in [5.41, 5.74) is 4.70. The Labute approximate surface area is 107 Å². The molecule has 0 N–H and O–H groups in total. The molecule has 0 radical (unpaired) electrons. The second-order valence-electron chi connectivity index (χ2n) is 5.30. The van der Waals surface area contributed by atoms with Crippen molar-refractivity contribution in [3.63, 3.8) is 0 Å². The van der Waals surface area contributed by atoms with Crippen LogP contribution in [0.4, 0.5) is 0 Å². The summed E-state index contributed by atoms with van der Waals surface area (Å²) in [4.78, 5) is 0. The smallest absolute Gasteiger partial charge is 0.129 e. The van der Waals surface area contributed by atoms with E-state index in [1.165, 1.54) is 5.56 Å². The molecular weight excluding hydrogens is 220 g/mol. The Balaban J connectivity index is 2.70. The lowest BCUT2D eigenvalue weighted by molar-refractivity contribution is 0.804. The van der Waals surface area contributed by atoms with E-state index in [0.29, 0.717) is 5.92 Å². The number of allylic oxidation sites excluding steroid dienone is 1. The Morgan fingerprint density at radius 2 is 1.82 bits per heavy atom. The van der Waals surface area contributed by atoms with Crippen molar-refractivity contribution in [1.29, 1.82) is 0 Å². The lowest BCUT2D eigenvalue weighted by Crippen LogP contribution is -2.16. The third-order valence-corrected chi connectivity index (χ3v) is 3.29. The average Bonchev–Trinajstić information content (AvgIpc) is 2.29. The maximum absolute atomic E-state index is 3.45. The van der Waals surface area contributed by atoms with Crippen LogP contribution >= 0.6 is 0 Å². The molecule has 17 heavy (non-hydrogen) atoms. The number of rotatable bonds is 3. The Hall–Kier alpha value is -1.26. The van der Waals surface area contributed by atoms with Crippen LogP contribution < -0.4 is 0 Å². The van der Waals surface area contributed by atoms with Crippen molar-refractivity contribution < 1.29 is 0 Å². The van der Waals surface area contributed by atoms with Gasteiger partial charge in [0.15, 0.2) is 0 Å². The minimum absolute atomic E-state index is 0.391. The molecule has 0 saturated heterocycles. The summed E-state index contributed by atoms with van der Waals surface area (Å²) in [6, 6.07) is 10.4. The molecule has 1 aromatic rings. The van der Waals surface area contributed by atoms with Crippen molar-refractivity contribution >= 4 is 14.1 Å². The zero-order valence-electron chi connectivity index (χ0n) is 11.3. The van der Waals surface area contributed by atoms with Gasteiger partial charge in [0.25, 0.3) is 0 Å². The zero-order chi connectivity index (χ0) is 12.7. The van der Waals surface area contributed by atoms with Crippen LogP contribution in [0.3, 0.4) is 0 Å². The van der Waals surface area contributed by atoms with E-state index in [9.17, 15) is 0 Å². The highest BCUT2D eigenvalue weighted by atomic mass is 28.3. The largest absolute Gasteiger partial charge is 0.131 e. The van der Waals surface area contributed by atoms with Crippen LogP contribution in [0.1, 0.15) is 18.9 Å². The fourth-order valence-electron chi connectivity index (χ4n) is 1.39. The molecule has 0 nitrogen and oxygen atoms in total. The predicted octanol–water partition coefficient (Wildman–Crippen LogP) is 4.61. The standard InChI is InChI=1S/C16H22Si/c1-5-15(13-14-17(2,3)4)11-12-16-9-7-6-8-10-16/h6-12,15H,5H2,1-4H3/b12-11+. The molecule has 0 spiro atoms. The molecule has 0 fully saturated rings. The fraction of sp³-hybridized carbons (Fsp3) is 0.375. The van der Waals surface area contributed by atoms with Crippen LogP contribution in [0, 0.1) is 17.4 Å². The van der Waals surface area contributed by atoms with E-state index in [4.69, 9.17) is 0 Å². The summed E-state index contributed by atoms with van der Waals surface area (Å²) >= 11 is 0. The van der Waals surface area contributed by atoms with Gasteiger partial charge in [-0.1, -0.05) is 69.0 Å². The molecule has 0 heterocycles. The quantitative estimate of drug-likeness (QED) is 0.536. The molecule has 0 aliphatic rings. The van der Waals surface area contributed by atoms with Crippen LogP contribution in [0.25, 0.3) is 6.08 Å². The van der Waals surface area contributed by atoms with Crippen LogP contribution in [0.5, 0.6) is 0 Å². The summed E-state index contributed by atoms with van der Waals surface area (Å²) in [5, 5.41) is 0. The molecule has 0 aliphatic carbocycles. The Kier molecular flexibility index (Phi) is 5.25. The third kappa shape index (κ3) is 6.14. The molecule has 0 aliphatic heterocycles. The summed E-state index contributed by atoms with van der Waals surface area (Å²) in [7, 11) is -1.24. The van der Waals surface area contributed by atoms with Gasteiger partial charge < -0.3 is 0 Å². The van der Waals surface area contributed by atoms with Crippen molar-refractivity contribution in [3.8, 4) is 11.5 Å². The SMILES string of the molecule is CCC(C#C[Si](C)(C)C)/C=C/c1ccccc1. The van der Waals surface area contributed by atoms with Crippen molar-refractivity contribution in [2.75, 3.05) is 0 Å². The maximum atomic E-state index is 3.45. The molecule has 1 heteroatoms. The summed E-state index contributed by atoms with van der Waals surface area (Å²) in [6.45, 7) is 9.05. The highest BCUT2D eigenvalue weighted by Gasteiger charge is 2.08. The van der Waals surface area contributed by atoms with Crippen molar-refractivity contribution in [2.24, 2.45) is 5.92 Å². The Bertz CT molecular complexity index is 412. The van der Waals surface area contributed by atoms with Crippen LogP contribution in [-0.4, -0.2) is 8.07 Å². The maximum Gasteiger partial charge on any atom is 0.129 e. The molecule has 0 saturated carbocycles. The monoisotopic (exact) mass is 242 g/mol. The van der Waals surface area contributed by atoms with Gasteiger partial charge in [-0.3, -0.25) is 0 Å². The highest BCUT2D eigenvalue weighted by molar-refractivity contribution is 6.83. The Morgan fingerprint density at radius 1 is 1.18 bits per heavy atom. The van der Waals surface area contributed by atoms with Gasteiger partial charge in [0.2, 0.25) is 0 Å². The number of hydrogen-bond acceptors (Lipinski definition) is 0. The molecule has 0 aromatic heterocycles. The van der Waals surface area contributed by atoms with E-state index < -0.39 is 8.07 Å². The lowest BCUT2D eigenvalue weighted by Gasteiger charge is -2.06. The van der Waals surface area contributed by atoms with Gasteiger partial charge >= 0.3 is 0 Å². The van der Waals surface area contributed by atoms with Gasteiger partial charge in [-0.2, -0.15) is 0 Å². The lowest BCUT2D eigenvalue weighted by atomic mass is 10.1. The topological polar surface area (TPSA) is 0 Å². The van der Waals surface area contributed by atoms with E-state index >= 15 is 0 Å². The first-order chi connectivity index (χ1) is 8.01. The van der Waals surface area contributed by atoms with Crippen LogP contribution in [0.2, 0.25) is 19.6 Å². The van der Waals surface area contributed by atoms with E-state index in [1.54, 1.807) is 0 Å². The predicted molar refractivity (Wildman–Crippen MR) is 80.4 cm³/mol.